The Bertz CT molecular complexity index is 668. The molecule has 0 radical (unpaired) electrons. The van der Waals surface area contributed by atoms with E-state index >= 15 is 0 Å². The third kappa shape index (κ3) is 4.62. The molecular weight excluding hydrogens is 321 g/mol. The van der Waals surface area contributed by atoms with Gasteiger partial charge >= 0.3 is 15.5 Å². The maximum absolute atomic E-state index is 12.5. The molecule has 1 rings (SSSR count). The minimum Gasteiger partial charge on any atom is -0.393 e. The lowest BCUT2D eigenvalue weighted by atomic mass is 10.1. The van der Waals surface area contributed by atoms with Gasteiger partial charge in [0.25, 0.3) is 0 Å². The van der Waals surface area contributed by atoms with Crippen molar-refractivity contribution in [2.75, 3.05) is 4.72 Å². The summed E-state index contributed by atoms with van der Waals surface area (Å²) < 4.78 is 61.5. The Labute approximate surface area is 127 Å². The standard InChI is InChI=1S/C13H17F3N2O3S/c1-8(2)21-17-10(4)11-7-9(3)5-6-12(11)18-22(19,20)13(14,15)16/h5-8,18H,1-4H3/b17-10+. The predicted octanol–water partition coefficient (Wildman–Crippen LogP) is 3.41. The van der Waals surface area contributed by atoms with Gasteiger partial charge in [-0.25, -0.2) is 0 Å². The summed E-state index contributed by atoms with van der Waals surface area (Å²) in [6, 6.07) is 4.27. The van der Waals surface area contributed by atoms with E-state index < -0.39 is 15.5 Å². The number of aryl methyl sites for hydroxylation is 1. The van der Waals surface area contributed by atoms with Crippen LogP contribution in [0.1, 0.15) is 31.9 Å². The van der Waals surface area contributed by atoms with Gasteiger partial charge in [-0.05, 0) is 39.8 Å². The molecule has 0 saturated carbocycles. The fourth-order valence-corrected chi connectivity index (χ4v) is 2.07. The molecule has 0 aliphatic carbocycles. The van der Waals surface area contributed by atoms with Crippen molar-refractivity contribution in [2.45, 2.75) is 39.3 Å². The summed E-state index contributed by atoms with van der Waals surface area (Å²) >= 11 is 0. The zero-order valence-corrected chi connectivity index (χ0v) is 13.3. The number of rotatable bonds is 5. The largest absolute Gasteiger partial charge is 0.516 e. The number of nitrogens with one attached hydrogen (secondary N) is 1. The van der Waals surface area contributed by atoms with Crippen LogP contribution in [0, 0.1) is 6.92 Å². The highest BCUT2D eigenvalue weighted by atomic mass is 32.2. The van der Waals surface area contributed by atoms with Crippen molar-refractivity contribution < 1.29 is 26.4 Å². The Kier molecular flexibility index (Phi) is 5.44. The van der Waals surface area contributed by atoms with Gasteiger partial charge in [-0.2, -0.15) is 21.6 Å². The average molecular weight is 338 g/mol. The van der Waals surface area contributed by atoms with Gasteiger partial charge < -0.3 is 4.84 Å². The molecule has 0 aliphatic heterocycles. The van der Waals surface area contributed by atoms with E-state index in [1.54, 1.807) is 20.8 Å². The second-order valence-electron chi connectivity index (χ2n) is 4.93. The van der Waals surface area contributed by atoms with Crippen molar-refractivity contribution in [2.24, 2.45) is 5.16 Å². The molecule has 0 saturated heterocycles. The minimum atomic E-state index is -5.50. The lowest BCUT2D eigenvalue weighted by Crippen LogP contribution is -2.30. The van der Waals surface area contributed by atoms with Crippen LogP contribution < -0.4 is 4.72 Å². The first-order valence-electron chi connectivity index (χ1n) is 6.34. The van der Waals surface area contributed by atoms with E-state index in [-0.39, 0.29) is 23.1 Å². The number of alkyl halides is 3. The minimum absolute atomic E-state index is 0.212. The fraction of sp³-hybridized carbons (Fsp3) is 0.462. The molecule has 5 nitrogen and oxygen atoms in total. The highest BCUT2D eigenvalue weighted by Gasteiger charge is 2.46. The number of anilines is 1. The highest BCUT2D eigenvalue weighted by molar-refractivity contribution is 7.93. The molecule has 0 amide bonds. The maximum atomic E-state index is 12.5. The smallest absolute Gasteiger partial charge is 0.393 e. The molecule has 0 unspecified atom stereocenters. The number of benzene rings is 1. The van der Waals surface area contributed by atoms with Gasteiger partial charge in [0.2, 0.25) is 0 Å². The first-order valence-corrected chi connectivity index (χ1v) is 7.83. The van der Waals surface area contributed by atoms with Crippen molar-refractivity contribution in [3.8, 4) is 0 Å². The Morgan fingerprint density at radius 2 is 1.91 bits per heavy atom. The van der Waals surface area contributed by atoms with E-state index in [4.69, 9.17) is 4.84 Å². The Hall–Kier alpha value is -1.77. The SMILES string of the molecule is C/C(=N\OC(C)C)c1cc(C)ccc1NS(=O)(=O)C(F)(F)F. The van der Waals surface area contributed by atoms with Crippen LogP contribution in [0.2, 0.25) is 0 Å². The van der Waals surface area contributed by atoms with Gasteiger partial charge in [-0.3, -0.25) is 4.72 Å². The van der Waals surface area contributed by atoms with Crippen molar-refractivity contribution in [1.82, 2.24) is 0 Å². The molecular formula is C13H17F3N2O3S. The topological polar surface area (TPSA) is 67.8 Å². The first-order chi connectivity index (χ1) is 9.94. The van der Waals surface area contributed by atoms with Crippen molar-refractivity contribution in [1.29, 1.82) is 0 Å². The molecule has 1 aromatic carbocycles. The van der Waals surface area contributed by atoms with Crippen LogP contribution in [-0.4, -0.2) is 25.7 Å². The van der Waals surface area contributed by atoms with Crippen LogP contribution >= 0.6 is 0 Å². The normalized spacial score (nSPS) is 13.4. The van der Waals surface area contributed by atoms with Gasteiger partial charge in [-0.15, -0.1) is 0 Å². The molecule has 0 fully saturated rings. The van der Waals surface area contributed by atoms with Crippen LogP contribution in [0.15, 0.2) is 23.4 Å². The van der Waals surface area contributed by atoms with Gasteiger partial charge in [-0.1, -0.05) is 16.8 Å². The summed E-state index contributed by atoms with van der Waals surface area (Å²) in [5.41, 5.74) is -4.39. The molecule has 1 aromatic rings. The van der Waals surface area contributed by atoms with Crippen LogP contribution in [0.3, 0.4) is 0 Å². The molecule has 0 aliphatic rings. The summed E-state index contributed by atoms with van der Waals surface area (Å²) in [4.78, 5) is 5.04. The fourth-order valence-electron chi connectivity index (χ4n) is 1.48. The molecule has 1 N–H and O–H groups in total. The third-order valence-corrected chi connectivity index (χ3v) is 3.61. The lowest BCUT2D eigenvalue weighted by molar-refractivity contribution is -0.0429. The van der Waals surface area contributed by atoms with Crippen LogP contribution in [-0.2, 0) is 14.9 Å². The van der Waals surface area contributed by atoms with Gasteiger partial charge in [0.1, 0.15) is 6.10 Å². The van der Waals surface area contributed by atoms with E-state index in [0.29, 0.717) is 0 Å². The second kappa shape index (κ2) is 6.55. The first kappa shape index (κ1) is 18.3. The maximum Gasteiger partial charge on any atom is 0.516 e. The quantitative estimate of drug-likeness (QED) is 0.661. The molecule has 0 bridgehead atoms. The lowest BCUT2D eigenvalue weighted by Gasteiger charge is -2.15. The zero-order chi connectivity index (χ0) is 17.1. The van der Waals surface area contributed by atoms with Crippen LogP contribution in [0.5, 0.6) is 0 Å². The highest BCUT2D eigenvalue weighted by Crippen LogP contribution is 2.27. The summed E-state index contributed by atoms with van der Waals surface area (Å²) in [6.07, 6.45) is -0.213. The second-order valence-corrected chi connectivity index (χ2v) is 6.61. The Morgan fingerprint density at radius 1 is 1.32 bits per heavy atom. The number of nitrogens with zero attached hydrogens (tertiary/aromatic N) is 1. The number of sulfonamides is 1. The Morgan fingerprint density at radius 3 is 2.41 bits per heavy atom. The van der Waals surface area contributed by atoms with E-state index in [2.05, 4.69) is 5.16 Å². The summed E-state index contributed by atoms with van der Waals surface area (Å²) in [6.45, 7) is 6.71. The monoisotopic (exact) mass is 338 g/mol. The van der Waals surface area contributed by atoms with Crippen LogP contribution in [0.25, 0.3) is 0 Å². The summed E-state index contributed by atoms with van der Waals surface area (Å²) in [7, 11) is -5.50. The van der Waals surface area contributed by atoms with Gasteiger partial charge in [0.05, 0.1) is 11.4 Å². The summed E-state index contributed by atoms with van der Waals surface area (Å²) in [5.74, 6) is 0. The van der Waals surface area contributed by atoms with Crippen molar-refractivity contribution >= 4 is 21.4 Å². The molecule has 9 heteroatoms. The van der Waals surface area contributed by atoms with Crippen molar-refractivity contribution in [3.63, 3.8) is 0 Å². The van der Waals surface area contributed by atoms with Crippen LogP contribution in [0.4, 0.5) is 18.9 Å². The number of halogens is 3. The van der Waals surface area contributed by atoms with Gasteiger partial charge in [0.15, 0.2) is 0 Å². The van der Waals surface area contributed by atoms with E-state index in [0.717, 1.165) is 5.56 Å². The molecule has 0 aromatic heterocycles. The van der Waals surface area contributed by atoms with E-state index in [1.807, 2.05) is 0 Å². The third-order valence-electron chi connectivity index (χ3n) is 2.51. The number of hydrogen-bond acceptors (Lipinski definition) is 4. The molecule has 0 spiro atoms. The molecule has 22 heavy (non-hydrogen) atoms. The van der Waals surface area contributed by atoms with E-state index in [9.17, 15) is 21.6 Å². The number of oxime groups is 1. The molecule has 0 heterocycles. The average Bonchev–Trinajstić information content (AvgIpc) is 2.36. The Balaban J connectivity index is 3.25. The van der Waals surface area contributed by atoms with Crippen molar-refractivity contribution in [3.05, 3.63) is 29.3 Å². The number of hydrogen-bond donors (Lipinski definition) is 1. The summed E-state index contributed by atoms with van der Waals surface area (Å²) in [5, 5.41) is 3.79. The molecule has 124 valence electrons. The predicted molar refractivity (Wildman–Crippen MR) is 78.2 cm³/mol. The van der Waals surface area contributed by atoms with E-state index in [1.165, 1.54) is 29.8 Å². The molecule has 0 atom stereocenters. The van der Waals surface area contributed by atoms with Gasteiger partial charge in [0, 0.05) is 5.56 Å². The zero-order valence-electron chi connectivity index (χ0n) is 12.5.